The van der Waals surface area contributed by atoms with Crippen LogP contribution in [-0.2, 0) is 0 Å². The number of nitrogens with zero attached hydrogens (tertiary/aromatic N) is 2. The Kier molecular flexibility index (Phi) is 5.43. The van der Waals surface area contributed by atoms with Crippen LogP contribution in [0.5, 0.6) is 11.6 Å². The lowest BCUT2D eigenvalue weighted by Crippen LogP contribution is -2.29. The summed E-state index contributed by atoms with van der Waals surface area (Å²) in [5.41, 5.74) is 1.17. The van der Waals surface area contributed by atoms with Gasteiger partial charge in [-0.25, -0.2) is 13.8 Å². The summed E-state index contributed by atoms with van der Waals surface area (Å²) >= 11 is 0. The fraction of sp³-hybridized carbons (Fsp3) is 0.238. The molecule has 0 radical (unpaired) electrons. The zero-order chi connectivity index (χ0) is 19.3. The number of hydrogen-bond donors (Lipinski definition) is 2. The topological polar surface area (TPSA) is 59.1 Å². The van der Waals surface area contributed by atoms with E-state index < -0.39 is 0 Å². The molecule has 2 aromatic carbocycles. The number of anilines is 1. The van der Waals surface area contributed by atoms with Crippen LogP contribution in [0.1, 0.15) is 12.8 Å². The van der Waals surface area contributed by atoms with Crippen molar-refractivity contribution in [3.63, 3.8) is 0 Å². The fourth-order valence-corrected chi connectivity index (χ4v) is 3.11. The van der Waals surface area contributed by atoms with E-state index in [-0.39, 0.29) is 11.6 Å². The van der Waals surface area contributed by atoms with Crippen LogP contribution in [0.4, 0.5) is 14.5 Å². The highest BCUT2D eigenvalue weighted by atomic mass is 19.1. The number of hydrogen-bond acceptors (Lipinski definition) is 5. The van der Waals surface area contributed by atoms with E-state index in [2.05, 4.69) is 20.6 Å². The van der Waals surface area contributed by atoms with Crippen molar-refractivity contribution in [2.75, 3.05) is 18.4 Å². The fourth-order valence-electron chi connectivity index (χ4n) is 3.11. The molecule has 4 rings (SSSR count). The van der Waals surface area contributed by atoms with Crippen molar-refractivity contribution >= 4 is 5.69 Å². The average Bonchev–Trinajstić information content (AvgIpc) is 3.22. The number of halogens is 2. The van der Waals surface area contributed by atoms with Crippen molar-refractivity contribution in [1.82, 2.24) is 15.3 Å². The Hall–Kier alpha value is -3.06. The van der Waals surface area contributed by atoms with Crippen LogP contribution in [0, 0.1) is 11.6 Å². The van der Waals surface area contributed by atoms with Gasteiger partial charge in [0, 0.05) is 18.2 Å². The van der Waals surface area contributed by atoms with Gasteiger partial charge in [0.2, 0.25) is 5.88 Å². The zero-order valence-corrected chi connectivity index (χ0v) is 15.2. The van der Waals surface area contributed by atoms with Crippen molar-refractivity contribution < 1.29 is 13.5 Å². The van der Waals surface area contributed by atoms with Gasteiger partial charge in [-0.3, -0.25) is 0 Å². The first-order valence-electron chi connectivity index (χ1n) is 9.21. The maximum Gasteiger partial charge on any atom is 0.246 e. The summed E-state index contributed by atoms with van der Waals surface area (Å²) in [4.78, 5) is 8.82. The van der Waals surface area contributed by atoms with E-state index in [1.54, 1.807) is 18.3 Å². The SMILES string of the molecule is Fc1ccc(Oc2nc(-c3cccc(F)c3)ncc2NC[C@@H]2CCCN2)cc1. The van der Waals surface area contributed by atoms with Gasteiger partial charge in [0.05, 0.1) is 6.20 Å². The molecule has 5 nitrogen and oxygen atoms in total. The number of aromatic nitrogens is 2. The van der Waals surface area contributed by atoms with Crippen LogP contribution in [0.2, 0.25) is 0 Å². The van der Waals surface area contributed by atoms with Crippen molar-refractivity contribution in [2.24, 2.45) is 0 Å². The van der Waals surface area contributed by atoms with Gasteiger partial charge in [-0.15, -0.1) is 0 Å². The summed E-state index contributed by atoms with van der Waals surface area (Å²) in [5.74, 6) is 0.394. The largest absolute Gasteiger partial charge is 0.437 e. The second-order valence-corrected chi connectivity index (χ2v) is 6.65. The first kappa shape index (κ1) is 18.3. The van der Waals surface area contributed by atoms with Crippen molar-refractivity contribution in [2.45, 2.75) is 18.9 Å². The van der Waals surface area contributed by atoms with E-state index in [9.17, 15) is 8.78 Å². The lowest BCUT2D eigenvalue weighted by atomic mass is 10.2. The third kappa shape index (κ3) is 4.43. The second kappa shape index (κ2) is 8.31. The molecule has 1 atom stereocenters. The molecule has 0 spiro atoms. The normalized spacial score (nSPS) is 16.1. The van der Waals surface area contributed by atoms with E-state index in [0.717, 1.165) is 19.4 Å². The predicted molar refractivity (Wildman–Crippen MR) is 103 cm³/mol. The molecule has 3 aromatic rings. The summed E-state index contributed by atoms with van der Waals surface area (Å²) in [6, 6.07) is 12.1. The monoisotopic (exact) mass is 382 g/mol. The number of ether oxygens (including phenoxy) is 1. The smallest absolute Gasteiger partial charge is 0.246 e. The molecule has 0 bridgehead atoms. The summed E-state index contributed by atoms with van der Waals surface area (Å²) < 4.78 is 32.6. The van der Waals surface area contributed by atoms with Crippen LogP contribution < -0.4 is 15.4 Å². The number of benzene rings is 2. The van der Waals surface area contributed by atoms with Crippen LogP contribution >= 0.6 is 0 Å². The molecule has 1 aliphatic heterocycles. The first-order chi connectivity index (χ1) is 13.7. The average molecular weight is 382 g/mol. The molecule has 7 heteroatoms. The lowest BCUT2D eigenvalue weighted by molar-refractivity contribution is 0.462. The first-order valence-corrected chi connectivity index (χ1v) is 9.21. The zero-order valence-electron chi connectivity index (χ0n) is 15.2. The Morgan fingerprint density at radius 3 is 2.71 bits per heavy atom. The molecular weight excluding hydrogens is 362 g/mol. The predicted octanol–water partition coefficient (Wildman–Crippen LogP) is 4.38. The second-order valence-electron chi connectivity index (χ2n) is 6.65. The summed E-state index contributed by atoms with van der Waals surface area (Å²) in [5, 5.41) is 6.73. The molecule has 28 heavy (non-hydrogen) atoms. The standard InChI is InChI=1S/C21H20F2N4O/c22-15-6-8-18(9-7-15)28-21-19(25-12-17-5-2-10-24-17)13-26-20(27-21)14-3-1-4-16(23)11-14/h1,3-4,6-9,11,13,17,24-25H,2,5,10,12H2/t17-/m0/s1. The Morgan fingerprint density at radius 1 is 1.11 bits per heavy atom. The number of rotatable bonds is 6. The maximum absolute atomic E-state index is 13.6. The van der Waals surface area contributed by atoms with E-state index in [1.165, 1.54) is 36.4 Å². The van der Waals surface area contributed by atoms with Crippen molar-refractivity contribution in [3.8, 4) is 23.0 Å². The lowest BCUT2D eigenvalue weighted by Gasteiger charge is -2.16. The van der Waals surface area contributed by atoms with Gasteiger partial charge in [-0.1, -0.05) is 12.1 Å². The highest BCUT2D eigenvalue weighted by Gasteiger charge is 2.16. The summed E-state index contributed by atoms with van der Waals surface area (Å²) in [6.45, 7) is 1.72. The Balaban J connectivity index is 1.62. The third-order valence-corrected chi connectivity index (χ3v) is 4.57. The molecule has 1 fully saturated rings. The molecule has 0 aliphatic carbocycles. The van der Waals surface area contributed by atoms with Crippen molar-refractivity contribution in [1.29, 1.82) is 0 Å². The maximum atomic E-state index is 13.6. The Bertz CT molecular complexity index is 943. The van der Waals surface area contributed by atoms with E-state index in [1.807, 2.05) is 0 Å². The quantitative estimate of drug-likeness (QED) is 0.663. The third-order valence-electron chi connectivity index (χ3n) is 4.57. The molecule has 1 saturated heterocycles. The molecule has 0 saturated carbocycles. The molecule has 144 valence electrons. The summed E-state index contributed by atoms with van der Waals surface area (Å²) in [7, 11) is 0. The van der Waals surface area contributed by atoms with E-state index >= 15 is 0 Å². The number of nitrogens with one attached hydrogen (secondary N) is 2. The van der Waals surface area contributed by atoms with Gasteiger partial charge in [0.15, 0.2) is 5.82 Å². The Labute approximate surface area is 161 Å². The van der Waals surface area contributed by atoms with Gasteiger partial charge < -0.3 is 15.4 Å². The molecule has 0 amide bonds. The van der Waals surface area contributed by atoms with Crippen molar-refractivity contribution in [3.05, 3.63) is 66.4 Å². The van der Waals surface area contributed by atoms with Crippen LogP contribution in [-0.4, -0.2) is 29.1 Å². The van der Waals surface area contributed by atoms with Gasteiger partial charge >= 0.3 is 0 Å². The van der Waals surface area contributed by atoms with Gasteiger partial charge in [-0.05, 0) is 55.8 Å². The Morgan fingerprint density at radius 2 is 1.96 bits per heavy atom. The van der Waals surface area contributed by atoms with Crippen LogP contribution in [0.15, 0.2) is 54.7 Å². The molecule has 2 heterocycles. The van der Waals surface area contributed by atoms with Crippen LogP contribution in [0.3, 0.4) is 0 Å². The molecule has 2 N–H and O–H groups in total. The molecule has 0 unspecified atom stereocenters. The van der Waals surface area contributed by atoms with E-state index in [4.69, 9.17) is 4.74 Å². The van der Waals surface area contributed by atoms with Crippen LogP contribution in [0.25, 0.3) is 11.4 Å². The molecular formula is C21H20F2N4O. The highest BCUT2D eigenvalue weighted by molar-refractivity contribution is 5.60. The van der Waals surface area contributed by atoms with Gasteiger partial charge in [0.1, 0.15) is 23.1 Å². The van der Waals surface area contributed by atoms with E-state index in [0.29, 0.717) is 41.3 Å². The molecule has 1 aliphatic rings. The minimum Gasteiger partial charge on any atom is -0.437 e. The minimum atomic E-state index is -0.364. The molecule has 1 aromatic heterocycles. The van der Waals surface area contributed by atoms with Gasteiger partial charge in [0.25, 0.3) is 0 Å². The van der Waals surface area contributed by atoms with Gasteiger partial charge in [-0.2, -0.15) is 4.98 Å². The minimum absolute atomic E-state index is 0.305. The highest BCUT2D eigenvalue weighted by Crippen LogP contribution is 2.30. The summed E-state index contributed by atoms with van der Waals surface area (Å²) in [6.07, 6.45) is 3.88.